The summed E-state index contributed by atoms with van der Waals surface area (Å²) < 4.78 is 6.07. The summed E-state index contributed by atoms with van der Waals surface area (Å²) >= 11 is 1.74. The Balaban J connectivity index is 1.29. The molecule has 0 amide bonds. The van der Waals surface area contributed by atoms with Crippen LogP contribution in [0.15, 0.2) is 96.2 Å². The first kappa shape index (κ1) is 21.0. The fourth-order valence-electron chi connectivity index (χ4n) is 4.08. The fourth-order valence-corrected chi connectivity index (χ4v) is 4.95. The van der Waals surface area contributed by atoms with E-state index in [4.69, 9.17) is 9.72 Å². The highest BCUT2D eigenvalue weighted by molar-refractivity contribution is 7.99. The molecule has 1 aliphatic rings. The van der Waals surface area contributed by atoms with Crippen LogP contribution in [0.25, 0.3) is 22.5 Å². The van der Waals surface area contributed by atoms with Crippen molar-refractivity contribution in [1.29, 1.82) is 0 Å². The summed E-state index contributed by atoms with van der Waals surface area (Å²) in [5.41, 5.74) is 5.68. The van der Waals surface area contributed by atoms with Gasteiger partial charge in [-0.05, 0) is 5.56 Å². The second kappa shape index (κ2) is 10.2. The molecule has 4 aromatic rings. The number of aromatic nitrogens is 2. The van der Waals surface area contributed by atoms with Crippen molar-refractivity contribution in [3.05, 3.63) is 96.6 Å². The zero-order chi connectivity index (χ0) is 21.6. The number of thioether (sulfide) groups is 1. The SMILES string of the molecule is c1ccc(CN2CCOC(CSc3nc(-c4ccccc4)c(-c4ccccc4)[nH]3)C2)cc1. The number of nitrogens with one attached hydrogen (secondary N) is 1. The number of hydrogen-bond donors (Lipinski definition) is 1. The minimum absolute atomic E-state index is 0.197. The molecule has 1 unspecified atom stereocenters. The standard InChI is InChI=1S/C27H27N3OS/c1-4-10-21(11-5-1)18-30-16-17-31-24(19-30)20-32-27-28-25(22-12-6-2-7-13-22)26(29-27)23-14-8-3-9-15-23/h1-15,24H,16-20H2,(H,28,29). The summed E-state index contributed by atoms with van der Waals surface area (Å²) in [5, 5.41) is 0.937. The first-order valence-electron chi connectivity index (χ1n) is 11.1. The highest BCUT2D eigenvalue weighted by Gasteiger charge is 2.22. The van der Waals surface area contributed by atoms with Crippen molar-refractivity contribution in [1.82, 2.24) is 14.9 Å². The van der Waals surface area contributed by atoms with Gasteiger partial charge in [0.15, 0.2) is 5.16 Å². The number of imidazole rings is 1. The molecule has 1 saturated heterocycles. The molecule has 32 heavy (non-hydrogen) atoms. The Hall–Kier alpha value is -2.86. The summed E-state index contributed by atoms with van der Waals surface area (Å²) in [7, 11) is 0. The van der Waals surface area contributed by atoms with E-state index >= 15 is 0 Å². The van der Waals surface area contributed by atoms with Crippen LogP contribution in [-0.2, 0) is 11.3 Å². The number of rotatable bonds is 7. The van der Waals surface area contributed by atoms with E-state index in [0.717, 1.165) is 59.7 Å². The van der Waals surface area contributed by atoms with Gasteiger partial charge in [-0.2, -0.15) is 0 Å². The van der Waals surface area contributed by atoms with Gasteiger partial charge in [0.25, 0.3) is 0 Å². The first-order chi connectivity index (χ1) is 15.8. The Morgan fingerprint density at radius 1 is 0.875 bits per heavy atom. The third kappa shape index (κ3) is 5.13. The third-order valence-electron chi connectivity index (χ3n) is 5.67. The van der Waals surface area contributed by atoms with Gasteiger partial charge in [0.1, 0.15) is 0 Å². The molecule has 5 rings (SSSR count). The Labute approximate surface area is 193 Å². The lowest BCUT2D eigenvalue weighted by atomic mass is 10.1. The number of H-pyrrole nitrogens is 1. The molecule has 1 N–H and O–H groups in total. The van der Waals surface area contributed by atoms with Gasteiger partial charge < -0.3 is 9.72 Å². The van der Waals surface area contributed by atoms with Gasteiger partial charge >= 0.3 is 0 Å². The minimum Gasteiger partial charge on any atom is -0.375 e. The lowest BCUT2D eigenvalue weighted by Crippen LogP contribution is -2.43. The monoisotopic (exact) mass is 441 g/mol. The van der Waals surface area contributed by atoms with Crippen molar-refractivity contribution in [3.8, 4) is 22.5 Å². The molecule has 0 bridgehead atoms. The second-order valence-corrected chi connectivity index (χ2v) is 9.03. The highest BCUT2D eigenvalue weighted by atomic mass is 32.2. The maximum atomic E-state index is 6.07. The average Bonchev–Trinajstić information content (AvgIpc) is 3.29. The van der Waals surface area contributed by atoms with Crippen LogP contribution >= 0.6 is 11.8 Å². The zero-order valence-corrected chi connectivity index (χ0v) is 18.8. The van der Waals surface area contributed by atoms with Gasteiger partial charge in [-0.15, -0.1) is 0 Å². The molecule has 4 nitrogen and oxygen atoms in total. The smallest absolute Gasteiger partial charge is 0.166 e. The maximum Gasteiger partial charge on any atom is 0.166 e. The molecule has 3 aromatic carbocycles. The summed E-state index contributed by atoms with van der Waals surface area (Å²) in [6.45, 7) is 3.68. The molecular formula is C27H27N3OS. The van der Waals surface area contributed by atoms with Crippen molar-refractivity contribution < 1.29 is 4.74 Å². The summed E-state index contributed by atoms with van der Waals surface area (Å²) in [6.07, 6.45) is 0.197. The summed E-state index contributed by atoms with van der Waals surface area (Å²) in [6, 6.07) is 31.5. The Morgan fingerprint density at radius 2 is 1.53 bits per heavy atom. The van der Waals surface area contributed by atoms with E-state index in [-0.39, 0.29) is 6.10 Å². The van der Waals surface area contributed by atoms with Crippen molar-refractivity contribution in [3.63, 3.8) is 0 Å². The van der Waals surface area contributed by atoms with Crippen molar-refractivity contribution in [2.75, 3.05) is 25.4 Å². The molecule has 1 aliphatic heterocycles. The maximum absolute atomic E-state index is 6.07. The lowest BCUT2D eigenvalue weighted by Gasteiger charge is -2.32. The molecule has 1 atom stereocenters. The van der Waals surface area contributed by atoms with Crippen LogP contribution in [0.5, 0.6) is 0 Å². The molecule has 0 spiro atoms. The van der Waals surface area contributed by atoms with E-state index in [1.807, 2.05) is 12.1 Å². The molecular weight excluding hydrogens is 414 g/mol. The highest BCUT2D eigenvalue weighted by Crippen LogP contribution is 2.33. The molecule has 0 saturated carbocycles. The van der Waals surface area contributed by atoms with Gasteiger partial charge in [0, 0.05) is 36.5 Å². The van der Waals surface area contributed by atoms with Crippen LogP contribution in [0.2, 0.25) is 0 Å². The van der Waals surface area contributed by atoms with E-state index in [2.05, 4.69) is 88.7 Å². The normalized spacial score (nSPS) is 16.8. The molecule has 162 valence electrons. The van der Waals surface area contributed by atoms with Crippen molar-refractivity contribution >= 4 is 11.8 Å². The number of benzene rings is 3. The Morgan fingerprint density at radius 3 is 2.25 bits per heavy atom. The predicted octanol–water partition coefficient (Wildman–Crippen LogP) is 5.74. The Kier molecular flexibility index (Phi) is 6.68. The van der Waals surface area contributed by atoms with Gasteiger partial charge in [-0.3, -0.25) is 4.90 Å². The first-order valence-corrected chi connectivity index (χ1v) is 12.1. The average molecular weight is 442 g/mol. The van der Waals surface area contributed by atoms with E-state index in [9.17, 15) is 0 Å². The van der Waals surface area contributed by atoms with E-state index in [1.165, 1.54) is 5.56 Å². The number of hydrogen-bond acceptors (Lipinski definition) is 4. The molecule has 1 fully saturated rings. The number of ether oxygens (including phenoxy) is 1. The Bertz CT molecular complexity index is 1060. The largest absolute Gasteiger partial charge is 0.375 e. The van der Waals surface area contributed by atoms with Crippen LogP contribution in [0, 0.1) is 0 Å². The van der Waals surface area contributed by atoms with Gasteiger partial charge in [-0.25, -0.2) is 4.98 Å². The number of morpholine rings is 1. The zero-order valence-electron chi connectivity index (χ0n) is 18.0. The van der Waals surface area contributed by atoms with E-state index in [0.29, 0.717) is 0 Å². The molecule has 0 aliphatic carbocycles. The van der Waals surface area contributed by atoms with Gasteiger partial charge in [0.05, 0.1) is 24.1 Å². The molecule has 1 aromatic heterocycles. The van der Waals surface area contributed by atoms with E-state index < -0.39 is 0 Å². The van der Waals surface area contributed by atoms with Gasteiger partial charge in [-0.1, -0.05) is 103 Å². The van der Waals surface area contributed by atoms with Crippen LogP contribution < -0.4 is 0 Å². The minimum atomic E-state index is 0.197. The van der Waals surface area contributed by atoms with Crippen molar-refractivity contribution in [2.24, 2.45) is 0 Å². The lowest BCUT2D eigenvalue weighted by molar-refractivity contribution is -0.0187. The second-order valence-electron chi connectivity index (χ2n) is 8.02. The summed E-state index contributed by atoms with van der Waals surface area (Å²) in [4.78, 5) is 11.0. The summed E-state index contributed by atoms with van der Waals surface area (Å²) in [5.74, 6) is 0.876. The fraction of sp³-hybridized carbons (Fsp3) is 0.222. The van der Waals surface area contributed by atoms with Crippen molar-refractivity contribution in [2.45, 2.75) is 17.8 Å². The third-order valence-corrected chi connectivity index (χ3v) is 6.67. The van der Waals surface area contributed by atoms with Crippen LogP contribution in [0.4, 0.5) is 0 Å². The predicted molar refractivity (Wildman–Crippen MR) is 132 cm³/mol. The van der Waals surface area contributed by atoms with Gasteiger partial charge in [0.2, 0.25) is 0 Å². The van der Waals surface area contributed by atoms with Crippen LogP contribution in [0.3, 0.4) is 0 Å². The molecule has 2 heterocycles. The number of aromatic amines is 1. The topological polar surface area (TPSA) is 41.1 Å². The molecule has 0 radical (unpaired) electrons. The quantitative estimate of drug-likeness (QED) is 0.372. The van der Waals surface area contributed by atoms with E-state index in [1.54, 1.807) is 11.8 Å². The van der Waals surface area contributed by atoms with Crippen LogP contribution in [0.1, 0.15) is 5.56 Å². The molecule has 5 heteroatoms. The number of nitrogens with zero attached hydrogens (tertiary/aromatic N) is 2. The van der Waals surface area contributed by atoms with Crippen LogP contribution in [-0.4, -0.2) is 46.4 Å².